The highest BCUT2D eigenvalue weighted by Crippen LogP contribution is 2.36. The Bertz CT molecular complexity index is 1190. The molecule has 3 aromatic rings. The van der Waals surface area contributed by atoms with Crippen LogP contribution in [0.5, 0.6) is 11.5 Å². The maximum absolute atomic E-state index is 10.8. The predicted molar refractivity (Wildman–Crippen MR) is 128 cm³/mol. The zero-order valence-corrected chi connectivity index (χ0v) is 19.3. The van der Waals surface area contributed by atoms with Crippen molar-refractivity contribution in [1.29, 1.82) is 5.26 Å². The molecule has 0 aliphatic heterocycles. The first-order valence-electron chi connectivity index (χ1n) is 9.03. The Labute approximate surface area is 198 Å². The van der Waals surface area contributed by atoms with Crippen LogP contribution in [0, 0.1) is 25.0 Å². The number of nitro benzene ring substituents is 1. The lowest BCUT2D eigenvalue weighted by Gasteiger charge is -2.14. The summed E-state index contributed by atoms with van der Waals surface area (Å²) in [7, 11) is 1.54. The summed E-state index contributed by atoms with van der Waals surface area (Å²) in [6, 6.07) is 19.1. The fraction of sp³-hybridized carbons (Fsp3) is 0.0870. The van der Waals surface area contributed by atoms with E-state index >= 15 is 0 Å². The van der Waals surface area contributed by atoms with Crippen LogP contribution >= 0.6 is 34.2 Å². The molecule has 0 N–H and O–H groups in total. The number of allylic oxidation sites excluding steroid dienone is 1. The highest BCUT2D eigenvalue weighted by atomic mass is 127. The molecule has 0 atom stereocenters. The number of nitro groups is 1. The summed E-state index contributed by atoms with van der Waals surface area (Å²) in [6.07, 6.45) is 1.70. The molecule has 0 saturated heterocycles. The smallest absolute Gasteiger partial charge is 0.269 e. The second kappa shape index (κ2) is 10.3. The SMILES string of the molecule is COc1cc(/C=C(/C#N)c2ccc([N+](=O)[O-])cc2)cc(I)c1OCc1ccccc1Cl. The molecular weight excluding hydrogens is 531 g/mol. The van der Waals surface area contributed by atoms with Crippen molar-refractivity contribution in [2.75, 3.05) is 7.11 Å². The van der Waals surface area contributed by atoms with Gasteiger partial charge in [-0.05, 0) is 70.1 Å². The predicted octanol–water partition coefficient (Wildman–Crippen LogP) is 6.50. The van der Waals surface area contributed by atoms with Gasteiger partial charge in [0.25, 0.3) is 5.69 Å². The maximum Gasteiger partial charge on any atom is 0.269 e. The molecule has 3 rings (SSSR count). The minimum Gasteiger partial charge on any atom is -0.493 e. The van der Waals surface area contributed by atoms with E-state index in [4.69, 9.17) is 21.1 Å². The van der Waals surface area contributed by atoms with Gasteiger partial charge >= 0.3 is 0 Å². The second-order valence-electron chi connectivity index (χ2n) is 6.39. The van der Waals surface area contributed by atoms with Crippen molar-refractivity contribution in [1.82, 2.24) is 0 Å². The van der Waals surface area contributed by atoms with Crippen molar-refractivity contribution in [2.45, 2.75) is 6.61 Å². The third-order valence-corrected chi connectivity index (χ3v) is 5.57. The number of halogens is 2. The lowest BCUT2D eigenvalue weighted by molar-refractivity contribution is -0.384. The van der Waals surface area contributed by atoms with Gasteiger partial charge in [-0.1, -0.05) is 29.8 Å². The quantitative estimate of drug-likeness (QED) is 0.111. The first-order chi connectivity index (χ1) is 14.9. The van der Waals surface area contributed by atoms with E-state index in [1.165, 1.54) is 12.1 Å². The van der Waals surface area contributed by atoms with Gasteiger partial charge in [0.1, 0.15) is 6.61 Å². The Morgan fingerprint density at radius 1 is 1.23 bits per heavy atom. The average molecular weight is 547 g/mol. The van der Waals surface area contributed by atoms with Crippen LogP contribution in [0.2, 0.25) is 5.02 Å². The summed E-state index contributed by atoms with van der Waals surface area (Å²) in [5.41, 5.74) is 2.52. The van der Waals surface area contributed by atoms with Crippen molar-refractivity contribution in [2.24, 2.45) is 0 Å². The van der Waals surface area contributed by atoms with Crippen LogP contribution in [0.4, 0.5) is 5.69 Å². The molecule has 0 amide bonds. The van der Waals surface area contributed by atoms with Crippen LogP contribution in [0.1, 0.15) is 16.7 Å². The van der Waals surface area contributed by atoms with Crippen molar-refractivity contribution in [3.05, 3.63) is 96.1 Å². The fourth-order valence-electron chi connectivity index (χ4n) is 2.84. The number of nitriles is 1. The molecule has 0 radical (unpaired) electrons. The third-order valence-electron chi connectivity index (χ3n) is 4.40. The highest BCUT2D eigenvalue weighted by molar-refractivity contribution is 14.1. The highest BCUT2D eigenvalue weighted by Gasteiger charge is 2.13. The number of hydrogen-bond acceptors (Lipinski definition) is 5. The van der Waals surface area contributed by atoms with E-state index in [-0.39, 0.29) is 12.3 Å². The summed E-state index contributed by atoms with van der Waals surface area (Å²) in [4.78, 5) is 10.4. The van der Waals surface area contributed by atoms with Gasteiger partial charge < -0.3 is 9.47 Å². The molecule has 8 heteroatoms. The summed E-state index contributed by atoms with van der Waals surface area (Å²) in [5.74, 6) is 1.10. The van der Waals surface area contributed by atoms with Gasteiger partial charge in [0, 0.05) is 22.7 Å². The van der Waals surface area contributed by atoms with Crippen molar-refractivity contribution in [3.63, 3.8) is 0 Å². The molecule has 0 unspecified atom stereocenters. The van der Waals surface area contributed by atoms with Gasteiger partial charge in [0.15, 0.2) is 11.5 Å². The molecule has 3 aromatic carbocycles. The second-order valence-corrected chi connectivity index (χ2v) is 7.96. The number of nitrogens with zero attached hydrogens (tertiary/aromatic N) is 2. The molecule has 0 heterocycles. The summed E-state index contributed by atoms with van der Waals surface area (Å²) in [5, 5.41) is 21.0. The van der Waals surface area contributed by atoms with E-state index < -0.39 is 4.92 Å². The van der Waals surface area contributed by atoms with Crippen LogP contribution in [0.25, 0.3) is 11.6 Å². The number of hydrogen-bond donors (Lipinski definition) is 0. The number of methoxy groups -OCH3 is 1. The molecule has 0 aromatic heterocycles. The molecule has 0 bridgehead atoms. The first-order valence-corrected chi connectivity index (χ1v) is 10.5. The number of non-ortho nitro benzene ring substituents is 1. The summed E-state index contributed by atoms with van der Waals surface area (Å²) < 4.78 is 12.3. The van der Waals surface area contributed by atoms with Gasteiger partial charge in [-0.2, -0.15) is 5.26 Å². The van der Waals surface area contributed by atoms with Gasteiger partial charge in [-0.25, -0.2) is 0 Å². The molecule has 156 valence electrons. The van der Waals surface area contributed by atoms with Gasteiger partial charge in [-0.3, -0.25) is 10.1 Å². The lowest BCUT2D eigenvalue weighted by atomic mass is 10.0. The van der Waals surface area contributed by atoms with Gasteiger partial charge in [0.2, 0.25) is 0 Å². The van der Waals surface area contributed by atoms with Crippen molar-refractivity contribution < 1.29 is 14.4 Å². The van der Waals surface area contributed by atoms with Crippen LogP contribution < -0.4 is 9.47 Å². The molecule has 6 nitrogen and oxygen atoms in total. The number of rotatable bonds is 7. The zero-order chi connectivity index (χ0) is 22.4. The average Bonchev–Trinajstić information content (AvgIpc) is 2.77. The zero-order valence-electron chi connectivity index (χ0n) is 16.3. The largest absolute Gasteiger partial charge is 0.493 e. The molecule has 0 spiro atoms. The standard InChI is InChI=1S/C23H16ClIN2O4/c1-30-22-12-15(10-18(13-26)16-6-8-19(9-7-16)27(28)29)11-21(25)23(22)31-14-17-4-2-3-5-20(17)24/h2-12H,14H2,1H3/b18-10-. The van der Waals surface area contributed by atoms with E-state index in [2.05, 4.69) is 28.7 Å². The topological polar surface area (TPSA) is 85.4 Å². The van der Waals surface area contributed by atoms with Gasteiger partial charge in [0.05, 0.1) is 27.2 Å². The molecular formula is C23H16ClIN2O4. The van der Waals surface area contributed by atoms with Crippen LogP contribution in [0.15, 0.2) is 60.7 Å². The summed E-state index contributed by atoms with van der Waals surface area (Å²) >= 11 is 8.35. The van der Waals surface area contributed by atoms with Crippen LogP contribution in [-0.4, -0.2) is 12.0 Å². The molecule has 31 heavy (non-hydrogen) atoms. The maximum atomic E-state index is 10.8. The minimum atomic E-state index is -0.478. The number of benzene rings is 3. The van der Waals surface area contributed by atoms with E-state index in [0.29, 0.717) is 27.7 Å². The van der Waals surface area contributed by atoms with Crippen LogP contribution in [-0.2, 0) is 6.61 Å². The number of ether oxygens (including phenoxy) is 2. The Morgan fingerprint density at radius 2 is 1.94 bits per heavy atom. The Morgan fingerprint density at radius 3 is 2.55 bits per heavy atom. The molecule has 0 fully saturated rings. The van der Waals surface area contributed by atoms with Crippen LogP contribution in [0.3, 0.4) is 0 Å². The van der Waals surface area contributed by atoms with Crippen molar-refractivity contribution in [3.8, 4) is 17.6 Å². The Hall–Kier alpha value is -3.09. The fourth-order valence-corrected chi connectivity index (χ4v) is 3.81. The van der Waals surface area contributed by atoms with E-state index in [1.54, 1.807) is 37.5 Å². The van der Waals surface area contributed by atoms with E-state index in [1.807, 2.05) is 24.3 Å². The molecule has 0 aliphatic carbocycles. The normalized spacial score (nSPS) is 11.0. The van der Waals surface area contributed by atoms with Crippen molar-refractivity contribution >= 4 is 51.5 Å². The summed E-state index contributed by atoms with van der Waals surface area (Å²) in [6.45, 7) is 0.285. The molecule has 0 aliphatic rings. The monoisotopic (exact) mass is 546 g/mol. The minimum absolute atomic E-state index is 0.0303. The van der Waals surface area contributed by atoms with E-state index in [9.17, 15) is 15.4 Å². The Kier molecular flexibility index (Phi) is 7.50. The lowest BCUT2D eigenvalue weighted by Crippen LogP contribution is -2.00. The first kappa shape index (κ1) is 22.6. The van der Waals surface area contributed by atoms with Gasteiger partial charge in [-0.15, -0.1) is 0 Å². The Balaban J connectivity index is 1.89. The van der Waals surface area contributed by atoms with E-state index in [0.717, 1.165) is 14.7 Å². The molecule has 0 saturated carbocycles. The third kappa shape index (κ3) is 5.54.